The number of rotatable bonds is 1. The van der Waals surface area contributed by atoms with E-state index in [9.17, 15) is 0 Å². The molecule has 0 spiro atoms. The first-order valence-electron chi connectivity index (χ1n) is 3.75. The van der Waals surface area contributed by atoms with E-state index in [-0.39, 0.29) is 5.54 Å². The normalized spacial score (nSPS) is 14.9. The van der Waals surface area contributed by atoms with E-state index >= 15 is 0 Å². The first-order chi connectivity index (χ1) is 4.33. The third-order valence-corrected chi connectivity index (χ3v) is 2.06. The Morgan fingerprint density at radius 2 is 1.60 bits per heavy atom. The lowest BCUT2D eigenvalue weighted by Crippen LogP contribution is -2.34. The average Bonchev–Trinajstić information content (AvgIpc) is 1.60. The third-order valence-electron chi connectivity index (χ3n) is 1.31. The Bertz CT molecular complexity index is 138. The Morgan fingerprint density at radius 1 is 1.20 bits per heavy atom. The van der Waals surface area contributed by atoms with Crippen molar-refractivity contribution in [1.82, 2.24) is 5.32 Å². The van der Waals surface area contributed by atoms with E-state index in [1.807, 2.05) is 0 Å². The van der Waals surface area contributed by atoms with Crippen LogP contribution in [0.3, 0.4) is 0 Å². The molecule has 0 aromatic heterocycles. The standard InChI is InChI=1S/C8H19NSi/c1-6(7(2)10)9-8(3,4)5/h9H,1-5,10H3. The molecule has 0 saturated heterocycles. The minimum atomic E-state index is 0.218. The predicted octanol–water partition coefficient (Wildman–Crippen LogP) is 0.991. The topological polar surface area (TPSA) is 12.0 Å². The molecule has 0 saturated carbocycles. The second-order valence-electron chi connectivity index (χ2n) is 4.00. The molecule has 1 nitrogen and oxygen atoms in total. The van der Waals surface area contributed by atoms with Crippen molar-refractivity contribution >= 4 is 10.2 Å². The lowest BCUT2D eigenvalue weighted by atomic mass is 10.1. The molecule has 0 atom stereocenters. The Kier molecular flexibility index (Phi) is 3.16. The highest BCUT2D eigenvalue weighted by atomic mass is 28.1. The molecule has 0 fully saturated rings. The van der Waals surface area contributed by atoms with Gasteiger partial charge >= 0.3 is 0 Å². The van der Waals surface area contributed by atoms with Gasteiger partial charge in [0.15, 0.2) is 0 Å². The fourth-order valence-electron chi connectivity index (χ4n) is 0.688. The van der Waals surface area contributed by atoms with Gasteiger partial charge < -0.3 is 5.32 Å². The zero-order valence-corrected chi connectivity index (χ0v) is 10.0. The maximum Gasteiger partial charge on any atom is 0.0351 e. The highest BCUT2D eigenvalue weighted by Gasteiger charge is 2.08. The Labute approximate surface area is 67.3 Å². The van der Waals surface area contributed by atoms with Crippen LogP contribution >= 0.6 is 0 Å². The van der Waals surface area contributed by atoms with Crippen LogP contribution in [-0.4, -0.2) is 15.8 Å². The highest BCUT2D eigenvalue weighted by Crippen LogP contribution is 2.04. The summed E-state index contributed by atoms with van der Waals surface area (Å²) in [5.74, 6) is 0. The Balaban J connectivity index is 4.06. The van der Waals surface area contributed by atoms with Gasteiger partial charge in [0.2, 0.25) is 0 Å². The van der Waals surface area contributed by atoms with E-state index in [2.05, 4.69) is 39.9 Å². The van der Waals surface area contributed by atoms with Gasteiger partial charge in [-0.1, -0.05) is 5.20 Å². The van der Waals surface area contributed by atoms with E-state index < -0.39 is 0 Å². The summed E-state index contributed by atoms with van der Waals surface area (Å²) in [5, 5.41) is 4.93. The molecule has 0 heterocycles. The van der Waals surface area contributed by atoms with Gasteiger partial charge in [-0.25, -0.2) is 0 Å². The zero-order valence-electron chi connectivity index (χ0n) is 8.00. The van der Waals surface area contributed by atoms with Crippen LogP contribution in [0.2, 0.25) is 0 Å². The highest BCUT2D eigenvalue weighted by molar-refractivity contribution is 6.21. The smallest absolute Gasteiger partial charge is 0.0351 e. The molecule has 0 radical (unpaired) electrons. The van der Waals surface area contributed by atoms with Crippen molar-refractivity contribution in [2.24, 2.45) is 0 Å². The van der Waals surface area contributed by atoms with E-state index in [1.54, 1.807) is 0 Å². The summed E-state index contributed by atoms with van der Waals surface area (Å²) < 4.78 is 0. The van der Waals surface area contributed by atoms with E-state index in [0.29, 0.717) is 0 Å². The first kappa shape index (κ1) is 9.76. The molecular weight excluding hydrogens is 138 g/mol. The van der Waals surface area contributed by atoms with Crippen molar-refractivity contribution in [3.63, 3.8) is 0 Å². The molecule has 0 aliphatic heterocycles. The summed E-state index contributed by atoms with van der Waals surface area (Å²) >= 11 is 0. The zero-order chi connectivity index (χ0) is 8.36. The van der Waals surface area contributed by atoms with Gasteiger partial charge in [0.1, 0.15) is 0 Å². The Morgan fingerprint density at radius 3 is 1.70 bits per heavy atom. The SMILES string of the molecule is CC([SiH3])=C(C)NC(C)(C)C. The molecule has 0 aromatic rings. The molecule has 60 valence electrons. The summed E-state index contributed by atoms with van der Waals surface area (Å²) in [5.41, 5.74) is 1.56. The number of hydrogen-bond donors (Lipinski definition) is 1. The molecule has 2 heteroatoms. The minimum Gasteiger partial charge on any atom is -0.384 e. The molecule has 0 amide bonds. The Hall–Kier alpha value is -0.243. The van der Waals surface area contributed by atoms with Gasteiger partial charge in [-0.05, 0) is 34.6 Å². The molecule has 0 aromatic carbocycles. The van der Waals surface area contributed by atoms with Crippen molar-refractivity contribution < 1.29 is 0 Å². The van der Waals surface area contributed by atoms with Crippen molar-refractivity contribution in [2.45, 2.75) is 40.2 Å². The first-order valence-corrected chi connectivity index (χ1v) is 4.75. The van der Waals surface area contributed by atoms with Crippen LogP contribution in [-0.2, 0) is 0 Å². The van der Waals surface area contributed by atoms with Crippen molar-refractivity contribution in [1.29, 1.82) is 0 Å². The molecule has 0 aliphatic rings. The van der Waals surface area contributed by atoms with Gasteiger partial charge in [-0.3, -0.25) is 0 Å². The van der Waals surface area contributed by atoms with Gasteiger partial charge in [0, 0.05) is 21.5 Å². The summed E-state index contributed by atoms with van der Waals surface area (Å²) in [6, 6.07) is 0. The van der Waals surface area contributed by atoms with Crippen LogP contribution in [0, 0.1) is 0 Å². The second kappa shape index (κ2) is 3.24. The quantitative estimate of drug-likeness (QED) is 0.560. The minimum absolute atomic E-state index is 0.218. The number of nitrogens with one attached hydrogen (secondary N) is 1. The molecule has 10 heavy (non-hydrogen) atoms. The molecule has 0 unspecified atom stereocenters. The van der Waals surface area contributed by atoms with Gasteiger partial charge in [0.25, 0.3) is 0 Å². The summed E-state index contributed by atoms with van der Waals surface area (Å²) in [7, 11) is 1.16. The van der Waals surface area contributed by atoms with Crippen molar-refractivity contribution in [3.8, 4) is 0 Å². The van der Waals surface area contributed by atoms with E-state index in [1.165, 1.54) is 10.9 Å². The predicted molar refractivity (Wildman–Crippen MR) is 51.2 cm³/mol. The van der Waals surface area contributed by atoms with Crippen molar-refractivity contribution in [2.75, 3.05) is 0 Å². The van der Waals surface area contributed by atoms with Crippen LogP contribution in [0.5, 0.6) is 0 Å². The maximum absolute atomic E-state index is 3.43. The van der Waals surface area contributed by atoms with E-state index in [4.69, 9.17) is 0 Å². The van der Waals surface area contributed by atoms with Crippen LogP contribution in [0.4, 0.5) is 0 Å². The average molecular weight is 157 g/mol. The molecule has 0 rings (SSSR count). The molecule has 1 N–H and O–H groups in total. The second-order valence-corrected chi connectivity index (χ2v) is 5.50. The number of allylic oxidation sites excluding steroid dienone is 2. The summed E-state index contributed by atoms with van der Waals surface area (Å²) in [4.78, 5) is 0. The largest absolute Gasteiger partial charge is 0.384 e. The lowest BCUT2D eigenvalue weighted by Gasteiger charge is -2.23. The monoisotopic (exact) mass is 157 g/mol. The van der Waals surface area contributed by atoms with Crippen LogP contribution < -0.4 is 5.32 Å². The fourth-order valence-corrected chi connectivity index (χ4v) is 0.812. The van der Waals surface area contributed by atoms with Gasteiger partial charge in [-0.15, -0.1) is 0 Å². The maximum atomic E-state index is 3.43. The van der Waals surface area contributed by atoms with Gasteiger partial charge in [-0.2, -0.15) is 0 Å². The van der Waals surface area contributed by atoms with Gasteiger partial charge in [0.05, 0.1) is 0 Å². The molecule has 0 bridgehead atoms. The third kappa shape index (κ3) is 4.62. The summed E-state index contributed by atoms with van der Waals surface area (Å²) in [6.45, 7) is 10.9. The van der Waals surface area contributed by atoms with Crippen LogP contribution in [0.25, 0.3) is 0 Å². The van der Waals surface area contributed by atoms with Crippen molar-refractivity contribution in [3.05, 3.63) is 10.9 Å². The number of hydrogen-bond acceptors (Lipinski definition) is 1. The fraction of sp³-hybridized carbons (Fsp3) is 0.750. The molecule has 0 aliphatic carbocycles. The van der Waals surface area contributed by atoms with Crippen LogP contribution in [0.1, 0.15) is 34.6 Å². The lowest BCUT2D eigenvalue weighted by molar-refractivity contribution is 0.472. The summed E-state index contributed by atoms with van der Waals surface area (Å²) in [6.07, 6.45) is 0. The van der Waals surface area contributed by atoms with E-state index in [0.717, 1.165) is 10.2 Å². The molecular formula is C8H19NSi. The van der Waals surface area contributed by atoms with Crippen LogP contribution in [0.15, 0.2) is 10.9 Å².